The zero-order valence-electron chi connectivity index (χ0n) is 15.5. The van der Waals surface area contributed by atoms with Crippen LogP contribution in [-0.4, -0.2) is 35.7 Å². The van der Waals surface area contributed by atoms with Crippen LogP contribution in [0, 0.1) is 5.92 Å². The summed E-state index contributed by atoms with van der Waals surface area (Å²) in [5, 5.41) is 0. The number of amides is 1. The Morgan fingerprint density at radius 3 is 2.67 bits per heavy atom. The highest BCUT2D eigenvalue weighted by Gasteiger charge is 2.26. The highest BCUT2D eigenvalue weighted by atomic mass is 79.9. The fourth-order valence-corrected chi connectivity index (χ4v) is 3.96. The number of aromatic nitrogens is 2. The zero-order valence-corrected chi connectivity index (χ0v) is 17.9. The largest absolute Gasteiger partial charge is 0.385 e. The average Bonchev–Trinajstić information content (AvgIpc) is 3.03. The van der Waals surface area contributed by atoms with Gasteiger partial charge in [-0.3, -0.25) is 24.0 Å². The third kappa shape index (κ3) is 5.08. The molecule has 0 saturated carbocycles. The maximum atomic E-state index is 13.1. The number of nitrogens with one attached hydrogen (secondary N) is 1. The molecule has 0 unspecified atom stereocenters. The molecule has 2 rings (SSSR count). The minimum Gasteiger partial charge on any atom is -0.385 e. The summed E-state index contributed by atoms with van der Waals surface area (Å²) in [5.41, 5.74) is 4.89. The van der Waals surface area contributed by atoms with Crippen LogP contribution in [0.2, 0.25) is 0 Å². The van der Waals surface area contributed by atoms with Gasteiger partial charge in [0.1, 0.15) is 5.82 Å². The number of carbonyl (C=O) groups is 1. The Morgan fingerprint density at radius 2 is 2.11 bits per heavy atom. The van der Waals surface area contributed by atoms with Crippen LogP contribution in [0.15, 0.2) is 25.5 Å². The number of hydrogen-bond donors (Lipinski definition) is 2. The van der Waals surface area contributed by atoms with Gasteiger partial charge < -0.3 is 10.5 Å². The molecule has 1 amide bonds. The van der Waals surface area contributed by atoms with Gasteiger partial charge in [-0.25, -0.2) is 4.79 Å². The van der Waals surface area contributed by atoms with Gasteiger partial charge in [-0.1, -0.05) is 13.8 Å². The van der Waals surface area contributed by atoms with Crippen molar-refractivity contribution in [2.45, 2.75) is 26.8 Å². The molecule has 0 aromatic carbocycles. The minimum atomic E-state index is -0.682. The molecule has 27 heavy (non-hydrogen) atoms. The summed E-state index contributed by atoms with van der Waals surface area (Å²) in [5.74, 6) is -0.234. The first-order valence-corrected chi connectivity index (χ1v) is 10.1. The quantitative estimate of drug-likeness (QED) is 0.589. The Kier molecular flexibility index (Phi) is 7.40. The van der Waals surface area contributed by atoms with Crippen LogP contribution in [0.5, 0.6) is 0 Å². The number of rotatable bonds is 8. The van der Waals surface area contributed by atoms with E-state index in [1.807, 2.05) is 13.8 Å². The number of methoxy groups -OCH3 is 1. The normalized spacial score (nSPS) is 11.1. The van der Waals surface area contributed by atoms with Crippen molar-refractivity contribution in [3.8, 4) is 0 Å². The van der Waals surface area contributed by atoms with Gasteiger partial charge in [-0.05, 0) is 40.4 Å². The lowest BCUT2D eigenvalue weighted by Gasteiger charge is -2.24. The van der Waals surface area contributed by atoms with Crippen LogP contribution in [0.1, 0.15) is 29.9 Å². The lowest BCUT2D eigenvalue weighted by molar-refractivity contribution is 0.0987. The number of hydrogen-bond acceptors (Lipinski definition) is 6. The van der Waals surface area contributed by atoms with E-state index < -0.39 is 11.2 Å². The molecule has 0 bridgehead atoms. The number of nitrogens with two attached hydrogens (primary N) is 1. The van der Waals surface area contributed by atoms with Crippen molar-refractivity contribution in [2.75, 3.05) is 30.9 Å². The fourth-order valence-electron chi connectivity index (χ4n) is 2.63. The molecular weight excluding hydrogens is 436 g/mol. The molecule has 0 fully saturated rings. The van der Waals surface area contributed by atoms with Crippen molar-refractivity contribution in [2.24, 2.45) is 5.92 Å². The number of thiophene rings is 1. The third-order valence-corrected chi connectivity index (χ3v) is 5.40. The van der Waals surface area contributed by atoms with Crippen LogP contribution >= 0.6 is 27.3 Å². The first-order valence-electron chi connectivity index (χ1n) is 8.45. The van der Waals surface area contributed by atoms with Crippen LogP contribution in [-0.2, 0) is 11.3 Å². The predicted octanol–water partition coefficient (Wildman–Crippen LogP) is 2.28. The van der Waals surface area contributed by atoms with Crippen molar-refractivity contribution in [3.63, 3.8) is 0 Å². The predicted molar refractivity (Wildman–Crippen MR) is 111 cm³/mol. The van der Waals surface area contributed by atoms with E-state index in [1.54, 1.807) is 19.2 Å². The summed E-state index contributed by atoms with van der Waals surface area (Å²) in [6.45, 7) is 4.85. The molecule has 0 aliphatic carbocycles. The summed E-state index contributed by atoms with van der Waals surface area (Å²) < 4.78 is 7.15. The van der Waals surface area contributed by atoms with Gasteiger partial charge in [0.05, 0.1) is 8.66 Å². The van der Waals surface area contributed by atoms with Gasteiger partial charge in [-0.15, -0.1) is 11.3 Å². The molecule has 10 heteroatoms. The Labute approximate surface area is 169 Å². The molecular formula is C17H23BrN4O4S. The highest BCUT2D eigenvalue weighted by molar-refractivity contribution is 9.11. The average molecular weight is 459 g/mol. The summed E-state index contributed by atoms with van der Waals surface area (Å²) in [6.07, 6.45) is 0.511. The summed E-state index contributed by atoms with van der Waals surface area (Å²) >= 11 is 4.60. The van der Waals surface area contributed by atoms with Crippen LogP contribution in [0.4, 0.5) is 11.5 Å². The molecule has 3 N–H and O–H groups in total. The van der Waals surface area contributed by atoms with E-state index in [2.05, 4.69) is 20.9 Å². The monoisotopic (exact) mass is 458 g/mol. The van der Waals surface area contributed by atoms with E-state index in [0.29, 0.717) is 24.4 Å². The third-order valence-electron chi connectivity index (χ3n) is 3.79. The number of halogens is 1. The molecule has 0 aliphatic heterocycles. The number of carbonyl (C=O) groups excluding carboxylic acids is 1. The highest BCUT2D eigenvalue weighted by Crippen LogP contribution is 2.26. The van der Waals surface area contributed by atoms with Gasteiger partial charge in [0.2, 0.25) is 0 Å². The van der Waals surface area contributed by atoms with Crippen molar-refractivity contribution in [1.82, 2.24) is 9.55 Å². The second-order valence-corrected chi connectivity index (χ2v) is 8.87. The van der Waals surface area contributed by atoms with E-state index in [0.717, 1.165) is 3.79 Å². The lowest BCUT2D eigenvalue weighted by Crippen LogP contribution is -2.42. The summed E-state index contributed by atoms with van der Waals surface area (Å²) in [4.78, 5) is 41.8. The van der Waals surface area contributed by atoms with Crippen molar-refractivity contribution in [1.29, 1.82) is 0 Å². The van der Waals surface area contributed by atoms with E-state index in [1.165, 1.54) is 20.8 Å². The van der Waals surface area contributed by atoms with Gasteiger partial charge >= 0.3 is 5.69 Å². The van der Waals surface area contributed by atoms with Gasteiger partial charge in [0, 0.05) is 26.8 Å². The van der Waals surface area contributed by atoms with E-state index in [9.17, 15) is 14.4 Å². The van der Waals surface area contributed by atoms with Gasteiger partial charge in [0.15, 0.2) is 5.69 Å². The molecule has 0 aliphatic rings. The number of nitrogen functional groups attached to an aromatic ring is 1. The minimum absolute atomic E-state index is 0.0131. The first-order chi connectivity index (χ1) is 12.8. The van der Waals surface area contributed by atoms with Crippen molar-refractivity contribution < 1.29 is 9.53 Å². The fraction of sp³-hybridized carbons (Fsp3) is 0.471. The second-order valence-electron chi connectivity index (χ2n) is 6.40. The van der Waals surface area contributed by atoms with Crippen molar-refractivity contribution >= 4 is 44.7 Å². The first kappa shape index (κ1) is 21.4. The molecule has 2 aromatic rings. The molecule has 0 saturated heterocycles. The summed E-state index contributed by atoms with van der Waals surface area (Å²) in [6, 6.07) is 3.44. The molecule has 148 valence electrons. The zero-order chi connectivity index (χ0) is 20.1. The number of H-pyrrole nitrogens is 1. The lowest BCUT2D eigenvalue weighted by atomic mass is 10.2. The molecule has 2 heterocycles. The Balaban J connectivity index is 2.56. The number of nitrogens with zero attached hydrogens (tertiary/aromatic N) is 2. The number of ether oxygens (including phenoxy) is 1. The molecule has 0 radical (unpaired) electrons. The standard InChI is InChI=1S/C17H23BrN4O4S/c1-10(2)9-22-14(19)13(15(23)20-17(22)25)21(7-4-8-26-3)16(24)11-5-6-12(18)27-11/h5-6,10H,4,7-9,19H2,1-3H3,(H,20,23,25). The summed E-state index contributed by atoms with van der Waals surface area (Å²) in [7, 11) is 1.56. The van der Waals surface area contributed by atoms with Crippen molar-refractivity contribution in [3.05, 3.63) is 41.6 Å². The topological polar surface area (TPSA) is 110 Å². The number of anilines is 2. The SMILES string of the molecule is COCCCN(C(=O)c1ccc(Br)s1)c1c(N)n(CC(C)C)c(=O)[nH]c1=O. The van der Waals surface area contributed by atoms with E-state index in [-0.39, 0.29) is 29.9 Å². The second kappa shape index (κ2) is 9.34. The van der Waals surface area contributed by atoms with Crippen LogP contribution in [0.3, 0.4) is 0 Å². The molecule has 8 nitrogen and oxygen atoms in total. The Hall–Kier alpha value is -1.91. The number of aromatic amines is 1. The maximum Gasteiger partial charge on any atom is 0.330 e. The molecule has 0 atom stereocenters. The molecule has 2 aromatic heterocycles. The van der Waals surface area contributed by atoms with E-state index in [4.69, 9.17) is 10.5 Å². The smallest absolute Gasteiger partial charge is 0.330 e. The Morgan fingerprint density at radius 1 is 1.41 bits per heavy atom. The van der Waals surface area contributed by atoms with Gasteiger partial charge in [-0.2, -0.15) is 0 Å². The van der Waals surface area contributed by atoms with Crippen LogP contribution in [0.25, 0.3) is 0 Å². The molecule has 0 spiro atoms. The Bertz CT molecular complexity index is 918. The maximum absolute atomic E-state index is 13.1. The van der Waals surface area contributed by atoms with Gasteiger partial charge in [0.25, 0.3) is 11.5 Å². The van der Waals surface area contributed by atoms with Crippen LogP contribution < -0.4 is 21.9 Å². The van der Waals surface area contributed by atoms with E-state index >= 15 is 0 Å².